The molecule has 0 spiro atoms. The lowest BCUT2D eigenvalue weighted by molar-refractivity contribution is -0.123. The molecule has 2 aromatic rings. The third-order valence-electron chi connectivity index (χ3n) is 7.60. The predicted octanol–water partition coefficient (Wildman–Crippen LogP) is 0.935. The van der Waals surface area contributed by atoms with Crippen LogP contribution in [0.4, 0.5) is 5.69 Å². The molecule has 2 saturated heterocycles. The number of anilines is 1. The van der Waals surface area contributed by atoms with Crippen molar-refractivity contribution in [2.75, 3.05) is 25.7 Å². The zero-order chi connectivity index (χ0) is 27.3. The van der Waals surface area contributed by atoms with Crippen molar-refractivity contribution < 1.29 is 43.9 Å². The van der Waals surface area contributed by atoms with Crippen LogP contribution in [0.2, 0.25) is 0 Å². The van der Waals surface area contributed by atoms with Crippen LogP contribution in [0, 0.1) is 21.3 Å². The second-order valence-electron chi connectivity index (χ2n) is 9.68. The molecule has 0 aromatic heterocycles. The minimum atomic E-state index is -1.75. The molecule has 0 radical (unpaired) electrons. The van der Waals surface area contributed by atoms with Crippen LogP contribution in [0.5, 0.6) is 11.5 Å². The number of imide groups is 1. The summed E-state index contributed by atoms with van der Waals surface area (Å²) in [5, 5.41) is 40.6. The van der Waals surface area contributed by atoms with Crippen LogP contribution < -0.4 is 15.1 Å². The van der Waals surface area contributed by atoms with E-state index >= 15 is 0 Å². The van der Waals surface area contributed by atoms with Crippen molar-refractivity contribution >= 4 is 59.8 Å². The average molecular weight is 633 g/mol. The maximum atomic E-state index is 13.8. The fourth-order valence-corrected chi connectivity index (χ4v) is 6.57. The summed E-state index contributed by atoms with van der Waals surface area (Å²) >= 11 is 1.98. The number of hydrogen-bond donors (Lipinski definition) is 4. The molecule has 2 amide bonds. The van der Waals surface area contributed by atoms with Gasteiger partial charge in [0.05, 0.1) is 40.9 Å². The Balaban J connectivity index is 1.55. The van der Waals surface area contributed by atoms with Crippen molar-refractivity contribution in [2.24, 2.45) is 17.8 Å². The lowest BCUT2D eigenvalue weighted by atomic mass is 9.55. The van der Waals surface area contributed by atoms with E-state index in [-0.39, 0.29) is 41.6 Å². The Hall–Kier alpha value is -2.42. The Kier molecular flexibility index (Phi) is 7.59. The molecule has 2 aromatic carbocycles. The Morgan fingerprint density at radius 3 is 2.61 bits per heavy atom. The highest BCUT2D eigenvalue weighted by molar-refractivity contribution is 14.1. The maximum Gasteiger partial charge on any atom is 0.488 e. The molecular formula is C25H26B2INO9. The van der Waals surface area contributed by atoms with Gasteiger partial charge >= 0.3 is 14.2 Å². The summed E-state index contributed by atoms with van der Waals surface area (Å²) in [6.45, 7) is 0.179. The standard InChI is InChI=1S/C25H26B2INO9/c1-36-11-13-6-17-21(25(32)29(24(17)31)15-5-3-4-14(9-15)26(33)34)16-10-19(38-27(35)22(13)16)12-7-18(28)23(30)20(8-12)37-2/h3-5,7-9,16-17,19,21,30,33-35H,6,10-11H2,1-2H3/t16-,17-,19-,21+/m0/s1. The molecule has 0 saturated carbocycles. The zero-order valence-corrected chi connectivity index (χ0v) is 22.9. The fourth-order valence-electron chi connectivity index (χ4n) is 5.95. The Morgan fingerprint density at radius 1 is 1.16 bits per heavy atom. The first-order valence-corrected chi connectivity index (χ1v) is 13.2. The number of hydrogen-bond acceptors (Lipinski definition) is 9. The normalized spacial score (nSPS) is 25.0. The van der Waals surface area contributed by atoms with Crippen molar-refractivity contribution in [2.45, 2.75) is 18.9 Å². The van der Waals surface area contributed by atoms with E-state index in [0.29, 0.717) is 21.0 Å². The number of halogens is 1. The van der Waals surface area contributed by atoms with Crippen molar-refractivity contribution in [3.63, 3.8) is 0 Å². The van der Waals surface area contributed by atoms with E-state index in [1.807, 2.05) is 22.6 Å². The molecule has 2 heterocycles. The molecule has 10 nitrogen and oxygen atoms in total. The number of ether oxygens (including phenoxy) is 2. The van der Waals surface area contributed by atoms with Gasteiger partial charge in [0.2, 0.25) is 11.8 Å². The highest BCUT2D eigenvalue weighted by Gasteiger charge is 2.58. The molecule has 13 heteroatoms. The first-order chi connectivity index (χ1) is 18.2. The van der Waals surface area contributed by atoms with Gasteiger partial charge in [0.1, 0.15) is 0 Å². The van der Waals surface area contributed by atoms with E-state index < -0.39 is 44.0 Å². The number of aromatic hydroxyl groups is 1. The highest BCUT2D eigenvalue weighted by atomic mass is 127. The first-order valence-electron chi connectivity index (χ1n) is 12.1. The summed E-state index contributed by atoms with van der Waals surface area (Å²) < 4.78 is 17.2. The van der Waals surface area contributed by atoms with Crippen LogP contribution in [0.1, 0.15) is 24.5 Å². The van der Waals surface area contributed by atoms with E-state index in [2.05, 4.69) is 0 Å². The third kappa shape index (κ3) is 4.54. The van der Waals surface area contributed by atoms with Crippen molar-refractivity contribution in [1.82, 2.24) is 0 Å². The van der Waals surface area contributed by atoms with Crippen LogP contribution in [0.3, 0.4) is 0 Å². The number of allylic oxidation sites excluding steroid dienone is 1. The smallest absolute Gasteiger partial charge is 0.488 e. The van der Waals surface area contributed by atoms with E-state index in [4.69, 9.17) is 14.1 Å². The van der Waals surface area contributed by atoms with Gasteiger partial charge in [-0.1, -0.05) is 12.1 Å². The molecule has 4 atom stereocenters. The van der Waals surface area contributed by atoms with Crippen molar-refractivity contribution in [3.05, 3.63) is 56.6 Å². The second kappa shape index (κ2) is 10.6. The minimum Gasteiger partial charge on any atom is -0.504 e. The van der Waals surface area contributed by atoms with Gasteiger partial charge in [0.15, 0.2) is 11.5 Å². The molecule has 2 aliphatic heterocycles. The van der Waals surface area contributed by atoms with Gasteiger partial charge in [-0.25, -0.2) is 0 Å². The van der Waals surface area contributed by atoms with Crippen LogP contribution in [-0.2, 0) is 19.0 Å². The van der Waals surface area contributed by atoms with Crippen LogP contribution in [0.15, 0.2) is 47.4 Å². The molecular weight excluding hydrogens is 607 g/mol. The Bertz CT molecular complexity index is 1320. The molecule has 2 fully saturated rings. The molecule has 5 rings (SSSR count). The largest absolute Gasteiger partial charge is 0.504 e. The van der Waals surface area contributed by atoms with E-state index in [1.54, 1.807) is 24.3 Å². The number of fused-ring (bicyclic) bond motifs is 3. The summed E-state index contributed by atoms with van der Waals surface area (Å²) in [5.41, 5.74) is 2.37. The quantitative estimate of drug-likeness (QED) is 0.208. The summed E-state index contributed by atoms with van der Waals surface area (Å²) in [5.74, 6) is -2.43. The Labute approximate surface area is 233 Å². The molecule has 3 aliphatic rings. The highest BCUT2D eigenvalue weighted by Crippen LogP contribution is 2.52. The number of benzene rings is 2. The van der Waals surface area contributed by atoms with Gasteiger partial charge in [-0.05, 0) is 87.7 Å². The van der Waals surface area contributed by atoms with E-state index in [1.165, 1.54) is 26.4 Å². The van der Waals surface area contributed by atoms with Crippen LogP contribution in [0.25, 0.3) is 0 Å². The minimum absolute atomic E-state index is 0.00339. The number of phenols is 1. The molecule has 4 N–H and O–H groups in total. The lowest BCUT2D eigenvalue weighted by Crippen LogP contribution is -2.45. The number of amides is 2. The first kappa shape index (κ1) is 27.2. The SMILES string of the molecule is COCC1=C2B(O)O[C@H](c3cc(I)c(O)c(OC)c3)C[C@H]2[C@H]2C(=O)N(c3cccc(B(O)O)c3)C(=O)[C@H]2C1. The van der Waals surface area contributed by atoms with Gasteiger partial charge in [0, 0.05) is 7.11 Å². The topological polar surface area (TPSA) is 146 Å². The van der Waals surface area contributed by atoms with Gasteiger partial charge in [0.25, 0.3) is 0 Å². The van der Waals surface area contributed by atoms with E-state index in [9.17, 15) is 29.8 Å². The van der Waals surface area contributed by atoms with Gasteiger partial charge in [-0.3, -0.25) is 14.5 Å². The average Bonchev–Trinajstić information content (AvgIpc) is 3.14. The van der Waals surface area contributed by atoms with Gasteiger partial charge in [-0.2, -0.15) is 0 Å². The molecule has 0 bridgehead atoms. The zero-order valence-electron chi connectivity index (χ0n) is 20.7. The maximum absolute atomic E-state index is 13.8. The molecule has 38 heavy (non-hydrogen) atoms. The van der Waals surface area contributed by atoms with Crippen molar-refractivity contribution in [3.8, 4) is 11.5 Å². The fraction of sp³-hybridized carbons (Fsp3) is 0.360. The van der Waals surface area contributed by atoms with Crippen LogP contribution in [-0.4, -0.2) is 67.1 Å². The summed E-state index contributed by atoms with van der Waals surface area (Å²) in [7, 11) is -0.0926. The lowest BCUT2D eigenvalue weighted by Gasteiger charge is -2.42. The monoisotopic (exact) mass is 633 g/mol. The summed E-state index contributed by atoms with van der Waals surface area (Å²) in [4.78, 5) is 28.6. The number of phenolic OH excluding ortho intramolecular Hbond substituents is 1. The summed E-state index contributed by atoms with van der Waals surface area (Å²) in [6.07, 6.45) is -0.0781. The number of nitrogens with zero attached hydrogens (tertiary/aromatic N) is 1. The number of carbonyl (C=O) groups excluding carboxylic acids is 2. The van der Waals surface area contributed by atoms with E-state index in [0.717, 1.165) is 10.5 Å². The predicted molar refractivity (Wildman–Crippen MR) is 147 cm³/mol. The molecule has 198 valence electrons. The number of rotatable bonds is 6. The number of methoxy groups -OCH3 is 2. The van der Waals surface area contributed by atoms with Gasteiger partial charge < -0.3 is 34.3 Å². The van der Waals surface area contributed by atoms with Crippen molar-refractivity contribution in [1.29, 1.82) is 0 Å². The molecule has 0 unspecified atom stereocenters. The molecule has 1 aliphatic carbocycles. The second-order valence-corrected chi connectivity index (χ2v) is 10.8. The third-order valence-corrected chi connectivity index (χ3v) is 8.42. The Morgan fingerprint density at radius 2 is 1.92 bits per heavy atom. The van der Waals surface area contributed by atoms with Crippen LogP contribution >= 0.6 is 22.6 Å². The van der Waals surface area contributed by atoms with Gasteiger partial charge in [-0.15, -0.1) is 0 Å². The summed E-state index contributed by atoms with van der Waals surface area (Å²) in [6, 6.07) is 9.42. The number of carbonyl (C=O) groups is 2.